The average molecular weight is 181 g/mol. The maximum Gasteiger partial charge on any atom is 0.219 e. The van der Waals surface area contributed by atoms with E-state index in [1.807, 2.05) is 11.0 Å². The largest absolute Gasteiger partial charge is 0.342 e. The van der Waals surface area contributed by atoms with E-state index in [-0.39, 0.29) is 11.3 Å². The van der Waals surface area contributed by atoms with Crippen LogP contribution in [0.3, 0.4) is 0 Å². The first-order valence-corrected chi connectivity index (χ1v) is 4.94. The van der Waals surface area contributed by atoms with Gasteiger partial charge in [-0.3, -0.25) is 4.79 Å². The van der Waals surface area contributed by atoms with Gasteiger partial charge in [-0.1, -0.05) is 13.0 Å². The van der Waals surface area contributed by atoms with Crippen LogP contribution in [0.4, 0.5) is 0 Å². The van der Waals surface area contributed by atoms with Gasteiger partial charge in [0, 0.05) is 20.0 Å². The predicted octanol–water partition coefficient (Wildman–Crippen LogP) is 2.21. The summed E-state index contributed by atoms with van der Waals surface area (Å²) >= 11 is 0. The summed E-state index contributed by atoms with van der Waals surface area (Å²) in [5, 5.41) is 0. The van der Waals surface area contributed by atoms with E-state index in [2.05, 4.69) is 13.5 Å². The summed E-state index contributed by atoms with van der Waals surface area (Å²) in [5.41, 5.74) is 0.270. The molecule has 0 N–H and O–H groups in total. The van der Waals surface area contributed by atoms with Gasteiger partial charge in [0.15, 0.2) is 0 Å². The Morgan fingerprint density at radius 3 is 2.92 bits per heavy atom. The molecule has 0 aromatic heterocycles. The lowest BCUT2D eigenvalue weighted by Gasteiger charge is -2.39. The van der Waals surface area contributed by atoms with Gasteiger partial charge in [-0.15, -0.1) is 6.58 Å². The first kappa shape index (κ1) is 10.3. The number of rotatable bonds is 2. The summed E-state index contributed by atoms with van der Waals surface area (Å²) in [7, 11) is 0. The minimum Gasteiger partial charge on any atom is -0.342 e. The van der Waals surface area contributed by atoms with Crippen molar-refractivity contribution in [2.75, 3.05) is 13.1 Å². The molecular formula is C11H19NO. The molecule has 74 valence electrons. The van der Waals surface area contributed by atoms with Crippen LogP contribution >= 0.6 is 0 Å². The van der Waals surface area contributed by atoms with Crippen LogP contribution in [0.1, 0.15) is 33.1 Å². The summed E-state index contributed by atoms with van der Waals surface area (Å²) in [6.07, 6.45) is 5.31. The van der Waals surface area contributed by atoms with Crippen LogP contribution in [-0.4, -0.2) is 23.9 Å². The Hall–Kier alpha value is -0.790. The predicted molar refractivity (Wildman–Crippen MR) is 54.4 cm³/mol. The number of piperidine rings is 1. The molecule has 1 aliphatic rings. The molecule has 0 spiro atoms. The smallest absolute Gasteiger partial charge is 0.219 e. The second kappa shape index (κ2) is 3.95. The summed E-state index contributed by atoms with van der Waals surface area (Å²) in [6.45, 7) is 9.49. The number of hydrogen-bond donors (Lipinski definition) is 0. The van der Waals surface area contributed by atoms with E-state index in [4.69, 9.17) is 0 Å². The summed E-state index contributed by atoms with van der Waals surface area (Å²) in [5.74, 6) is 0.204. The van der Waals surface area contributed by atoms with Crippen molar-refractivity contribution in [3.8, 4) is 0 Å². The Kier molecular flexibility index (Phi) is 3.12. The van der Waals surface area contributed by atoms with Crippen molar-refractivity contribution in [2.24, 2.45) is 5.41 Å². The highest BCUT2D eigenvalue weighted by atomic mass is 16.2. The lowest BCUT2D eigenvalue weighted by molar-refractivity contribution is -0.132. The zero-order valence-corrected chi connectivity index (χ0v) is 8.68. The minimum atomic E-state index is 0.204. The Morgan fingerprint density at radius 2 is 2.38 bits per heavy atom. The number of carbonyl (C=O) groups excluding carboxylic acids is 1. The van der Waals surface area contributed by atoms with Gasteiger partial charge in [0.1, 0.15) is 0 Å². The van der Waals surface area contributed by atoms with Gasteiger partial charge in [0.05, 0.1) is 0 Å². The molecule has 1 unspecified atom stereocenters. The molecule has 1 fully saturated rings. The van der Waals surface area contributed by atoms with Crippen molar-refractivity contribution in [1.82, 2.24) is 4.90 Å². The Bertz CT molecular complexity index is 212. The van der Waals surface area contributed by atoms with Gasteiger partial charge in [0.2, 0.25) is 5.91 Å². The zero-order valence-electron chi connectivity index (χ0n) is 8.68. The zero-order chi connectivity index (χ0) is 9.90. The average Bonchev–Trinajstić information content (AvgIpc) is 2.04. The number of nitrogens with zero attached hydrogens (tertiary/aromatic N) is 1. The summed E-state index contributed by atoms with van der Waals surface area (Å²) in [6, 6.07) is 0. The molecule has 1 rings (SSSR count). The van der Waals surface area contributed by atoms with Crippen LogP contribution in [0.2, 0.25) is 0 Å². The van der Waals surface area contributed by atoms with Gasteiger partial charge in [-0.25, -0.2) is 0 Å². The van der Waals surface area contributed by atoms with E-state index in [1.54, 1.807) is 6.92 Å². The first-order valence-electron chi connectivity index (χ1n) is 4.94. The Labute approximate surface area is 80.6 Å². The van der Waals surface area contributed by atoms with Gasteiger partial charge < -0.3 is 4.90 Å². The second-order valence-corrected chi connectivity index (χ2v) is 4.35. The maximum absolute atomic E-state index is 11.2. The highest BCUT2D eigenvalue weighted by Gasteiger charge is 2.30. The molecule has 1 amide bonds. The second-order valence-electron chi connectivity index (χ2n) is 4.35. The van der Waals surface area contributed by atoms with Crippen molar-refractivity contribution in [2.45, 2.75) is 33.1 Å². The van der Waals surface area contributed by atoms with E-state index in [0.717, 1.165) is 25.9 Å². The highest BCUT2D eigenvalue weighted by molar-refractivity contribution is 5.73. The Morgan fingerprint density at radius 1 is 1.69 bits per heavy atom. The molecule has 0 aliphatic carbocycles. The van der Waals surface area contributed by atoms with Gasteiger partial charge in [0.25, 0.3) is 0 Å². The third kappa shape index (κ3) is 2.58. The van der Waals surface area contributed by atoms with E-state index in [1.165, 1.54) is 6.42 Å². The van der Waals surface area contributed by atoms with Crippen molar-refractivity contribution in [3.63, 3.8) is 0 Å². The Balaban J connectivity index is 2.59. The highest BCUT2D eigenvalue weighted by Crippen LogP contribution is 2.32. The van der Waals surface area contributed by atoms with Gasteiger partial charge >= 0.3 is 0 Å². The molecule has 2 nitrogen and oxygen atoms in total. The van der Waals surface area contributed by atoms with Crippen LogP contribution in [0, 0.1) is 5.41 Å². The molecule has 1 heterocycles. The fourth-order valence-electron chi connectivity index (χ4n) is 2.10. The maximum atomic E-state index is 11.2. The van der Waals surface area contributed by atoms with Crippen LogP contribution < -0.4 is 0 Å². The lowest BCUT2D eigenvalue weighted by atomic mass is 9.79. The van der Waals surface area contributed by atoms with Crippen LogP contribution in [-0.2, 0) is 4.79 Å². The third-order valence-corrected chi connectivity index (χ3v) is 2.86. The van der Waals surface area contributed by atoms with Crippen LogP contribution in [0.25, 0.3) is 0 Å². The summed E-state index contributed by atoms with van der Waals surface area (Å²) in [4.78, 5) is 13.1. The van der Waals surface area contributed by atoms with Gasteiger partial charge in [-0.05, 0) is 24.7 Å². The quantitative estimate of drug-likeness (QED) is 0.598. The SMILES string of the molecule is C=CCC1(C)CCCN(C(C)=O)C1. The molecule has 0 radical (unpaired) electrons. The molecule has 2 heteroatoms. The summed E-state index contributed by atoms with van der Waals surface area (Å²) < 4.78 is 0. The lowest BCUT2D eigenvalue weighted by Crippen LogP contribution is -2.43. The number of hydrogen-bond acceptors (Lipinski definition) is 1. The van der Waals surface area contributed by atoms with Crippen LogP contribution in [0.5, 0.6) is 0 Å². The topological polar surface area (TPSA) is 20.3 Å². The normalized spacial score (nSPS) is 28.6. The fourth-order valence-corrected chi connectivity index (χ4v) is 2.10. The number of likely N-dealkylation sites (tertiary alicyclic amines) is 1. The molecule has 0 aromatic carbocycles. The van der Waals surface area contributed by atoms with Crippen molar-refractivity contribution >= 4 is 5.91 Å². The fraction of sp³-hybridized carbons (Fsp3) is 0.727. The van der Waals surface area contributed by atoms with Crippen molar-refractivity contribution in [1.29, 1.82) is 0 Å². The number of amides is 1. The van der Waals surface area contributed by atoms with E-state index in [0.29, 0.717) is 0 Å². The number of carbonyl (C=O) groups is 1. The molecule has 13 heavy (non-hydrogen) atoms. The molecule has 1 saturated heterocycles. The van der Waals surface area contributed by atoms with Crippen LogP contribution in [0.15, 0.2) is 12.7 Å². The monoisotopic (exact) mass is 181 g/mol. The molecule has 0 aromatic rings. The molecule has 0 bridgehead atoms. The number of allylic oxidation sites excluding steroid dienone is 1. The molecule has 0 saturated carbocycles. The molecule has 1 atom stereocenters. The molecule has 1 aliphatic heterocycles. The van der Waals surface area contributed by atoms with Crippen molar-refractivity contribution < 1.29 is 4.79 Å². The van der Waals surface area contributed by atoms with E-state index in [9.17, 15) is 4.79 Å². The van der Waals surface area contributed by atoms with E-state index >= 15 is 0 Å². The minimum absolute atomic E-state index is 0.204. The molecular weight excluding hydrogens is 162 g/mol. The van der Waals surface area contributed by atoms with Crippen molar-refractivity contribution in [3.05, 3.63) is 12.7 Å². The van der Waals surface area contributed by atoms with Gasteiger partial charge in [-0.2, -0.15) is 0 Å². The standard InChI is InChI=1S/C11H19NO/c1-4-6-11(3)7-5-8-12(9-11)10(2)13/h4H,1,5-9H2,2-3H3. The van der Waals surface area contributed by atoms with E-state index < -0.39 is 0 Å². The first-order chi connectivity index (χ1) is 6.07. The third-order valence-electron chi connectivity index (χ3n) is 2.86.